The second kappa shape index (κ2) is 5.74. The van der Waals surface area contributed by atoms with E-state index in [2.05, 4.69) is 5.10 Å². The first-order valence-electron chi connectivity index (χ1n) is 5.25. The van der Waals surface area contributed by atoms with E-state index in [1.807, 2.05) is 20.0 Å². The van der Waals surface area contributed by atoms with Crippen molar-refractivity contribution >= 4 is 46.6 Å². The van der Waals surface area contributed by atoms with Crippen LogP contribution in [0.4, 0.5) is 0 Å². The first kappa shape index (κ1) is 14.1. The van der Waals surface area contributed by atoms with Crippen LogP contribution in [0, 0.1) is 6.92 Å². The van der Waals surface area contributed by atoms with Crippen molar-refractivity contribution in [2.75, 3.05) is 0 Å². The SMILES string of the molecule is Cc1nn(C)c(Cl)c1CSc1cc(Cl)ccc1Cl. The van der Waals surface area contributed by atoms with Crippen molar-refractivity contribution in [2.24, 2.45) is 7.05 Å². The van der Waals surface area contributed by atoms with Gasteiger partial charge in [-0.15, -0.1) is 11.8 Å². The van der Waals surface area contributed by atoms with Gasteiger partial charge in [0.15, 0.2) is 0 Å². The normalized spacial score (nSPS) is 10.9. The minimum Gasteiger partial charge on any atom is -0.257 e. The predicted molar refractivity (Wildman–Crippen MR) is 79.0 cm³/mol. The summed E-state index contributed by atoms with van der Waals surface area (Å²) in [6.45, 7) is 1.95. The zero-order valence-electron chi connectivity index (χ0n) is 9.88. The van der Waals surface area contributed by atoms with Crippen LogP contribution in [0.15, 0.2) is 23.1 Å². The predicted octanol–water partition coefficient (Wildman–Crippen LogP) is 4.98. The Hall–Kier alpha value is -0.350. The number of halogens is 3. The van der Waals surface area contributed by atoms with Crippen LogP contribution in [0.2, 0.25) is 15.2 Å². The molecule has 1 aromatic carbocycles. The van der Waals surface area contributed by atoms with Gasteiger partial charge < -0.3 is 0 Å². The first-order valence-corrected chi connectivity index (χ1v) is 7.37. The zero-order chi connectivity index (χ0) is 13.3. The molecule has 0 aliphatic rings. The van der Waals surface area contributed by atoms with Gasteiger partial charge in [-0.05, 0) is 25.1 Å². The van der Waals surface area contributed by atoms with Gasteiger partial charge in [-0.1, -0.05) is 34.8 Å². The van der Waals surface area contributed by atoms with Gasteiger partial charge in [0, 0.05) is 28.3 Å². The van der Waals surface area contributed by atoms with Crippen molar-refractivity contribution in [3.8, 4) is 0 Å². The maximum absolute atomic E-state index is 6.18. The summed E-state index contributed by atoms with van der Waals surface area (Å²) in [5.41, 5.74) is 1.97. The molecule has 2 rings (SSSR count). The Balaban J connectivity index is 2.19. The molecule has 0 aliphatic heterocycles. The summed E-state index contributed by atoms with van der Waals surface area (Å²) in [7, 11) is 1.83. The molecule has 0 saturated carbocycles. The zero-order valence-corrected chi connectivity index (χ0v) is 13.0. The Morgan fingerprint density at radius 2 is 2.00 bits per heavy atom. The maximum Gasteiger partial charge on any atom is 0.131 e. The van der Waals surface area contributed by atoms with E-state index in [0.29, 0.717) is 15.2 Å². The van der Waals surface area contributed by atoms with Crippen LogP contribution in [0.3, 0.4) is 0 Å². The number of aromatic nitrogens is 2. The van der Waals surface area contributed by atoms with E-state index in [4.69, 9.17) is 34.8 Å². The van der Waals surface area contributed by atoms with Gasteiger partial charge in [-0.25, -0.2) is 0 Å². The lowest BCUT2D eigenvalue weighted by atomic mass is 10.3. The van der Waals surface area contributed by atoms with Crippen molar-refractivity contribution < 1.29 is 0 Å². The molecule has 6 heteroatoms. The fourth-order valence-electron chi connectivity index (χ4n) is 1.58. The molecule has 0 amide bonds. The fraction of sp³-hybridized carbons (Fsp3) is 0.250. The highest BCUT2D eigenvalue weighted by atomic mass is 35.5. The molecule has 0 radical (unpaired) electrons. The summed E-state index contributed by atoms with van der Waals surface area (Å²) in [4.78, 5) is 0.948. The summed E-state index contributed by atoms with van der Waals surface area (Å²) < 4.78 is 1.67. The lowest BCUT2D eigenvalue weighted by molar-refractivity contribution is 0.757. The van der Waals surface area contributed by atoms with E-state index in [1.165, 1.54) is 0 Å². The molecule has 0 aliphatic carbocycles. The summed E-state index contributed by atoms with van der Waals surface area (Å²) in [6.07, 6.45) is 0. The quantitative estimate of drug-likeness (QED) is 0.742. The third kappa shape index (κ3) is 2.97. The Morgan fingerprint density at radius 1 is 1.28 bits per heavy atom. The second-order valence-electron chi connectivity index (χ2n) is 3.84. The lowest BCUT2D eigenvalue weighted by Crippen LogP contribution is -1.89. The molecule has 2 nitrogen and oxygen atoms in total. The molecule has 0 N–H and O–H groups in total. The molecular formula is C12H11Cl3N2S. The van der Waals surface area contributed by atoms with Crippen molar-refractivity contribution in [3.05, 3.63) is 44.7 Å². The summed E-state index contributed by atoms with van der Waals surface area (Å²) in [5.74, 6) is 0.721. The summed E-state index contributed by atoms with van der Waals surface area (Å²) in [6, 6.07) is 5.42. The van der Waals surface area contributed by atoms with Gasteiger partial charge in [-0.3, -0.25) is 4.68 Å². The molecule has 1 aromatic heterocycles. The van der Waals surface area contributed by atoms with E-state index >= 15 is 0 Å². The minimum atomic E-state index is 0.665. The van der Waals surface area contributed by atoms with Crippen LogP contribution >= 0.6 is 46.6 Å². The number of hydrogen-bond donors (Lipinski definition) is 0. The highest BCUT2D eigenvalue weighted by molar-refractivity contribution is 7.98. The highest BCUT2D eigenvalue weighted by Gasteiger charge is 2.12. The number of rotatable bonds is 3. The fourth-order valence-corrected chi connectivity index (χ4v) is 3.48. The van der Waals surface area contributed by atoms with Gasteiger partial charge in [0.25, 0.3) is 0 Å². The lowest BCUT2D eigenvalue weighted by Gasteiger charge is -2.04. The van der Waals surface area contributed by atoms with E-state index in [1.54, 1.807) is 28.6 Å². The molecule has 0 unspecified atom stereocenters. The Labute approximate surface area is 125 Å². The second-order valence-corrected chi connectivity index (χ2v) is 6.06. The van der Waals surface area contributed by atoms with Crippen LogP contribution in [0.5, 0.6) is 0 Å². The summed E-state index contributed by atoms with van der Waals surface area (Å²) >= 11 is 19.8. The van der Waals surface area contributed by atoms with E-state index in [9.17, 15) is 0 Å². The maximum atomic E-state index is 6.18. The average molecular weight is 322 g/mol. The molecular weight excluding hydrogens is 311 g/mol. The molecule has 0 spiro atoms. The van der Waals surface area contributed by atoms with Crippen molar-refractivity contribution in [2.45, 2.75) is 17.6 Å². The van der Waals surface area contributed by atoms with E-state index in [0.717, 1.165) is 21.9 Å². The molecule has 18 heavy (non-hydrogen) atoms. The number of nitrogens with zero attached hydrogens (tertiary/aromatic N) is 2. The largest absolute Gasteiger partial charge is 0.257 e. The first-order chi connectivity index (χ1) is 8.49. The molecule has 0 fully saturated rings. The Morgan fingerprint density at radius 3 is 2.61 bits per heavy atom. The molecule has 2 aromatic rings. The van der Waals surface area contributed by atoms with Gasteiger partial charge in [0.1, 0.15) is 5.15 Å². The Bertz CT molecular complexity index is 581. The molecule has 0 atom stereocenters. The summed E-state index contributed by atoms with van der Waals surface area (Å²) in [5, 5.41) is 6.31. The van der Waals surface area contributed by atoms with Crippen molar-refractivity contribution in [3.63, 3.8) is 0 Å². The minimum absolute atomic E-state index is 0.665. The topological polar surface area (TPSA) is 17.8 Å². The number of aryl methyl sites for hydroxylation is 2. The van der Waals surface area contributed by atoms with Gasteiger partial charge in [-0.2, -0.15) is 5.10 Å². The van der Waals surface area contributed by atoms with Crippen molar-refractivity contribution in [1.82, 2.24) is 9.78 Å². The Kier molecular flexibility index (Phi) is 4.49. The molecule has 0 saturated heterocycles. The van der Waals surface area contributed by atoms with Crippen LogP contribution < -0.4 is 0 Å². The van der Waals surface area contributed by atoms with Crippen molar-refractivity contribution in [1.29, 1.82) is 0 Å². The number of thioether (sulfide) groups is 1. The average Bonchev–Trinajstić information content (AvgIpc) is 2.55. The van der Waals surface area contributed by atoms with Gasteiger partial charge in [0.05, 0.1) is 10.7 Å². The van der Waals surface area contributed by atoms with E-state index in [-0.39, 0.29) is 0 Å². The molecule has 1 heterocycles. The smallest absolute Gasteiger partial charge is 0.131 e. The molecule has 96 valence electrons. The van der Waals surface area contributed by atoms with E-state index < -0.39 is 0 Å². The van der Waals surface area contributed by atoms with Crippen LogP contribution in [-0.4, -0.2) is 9.78 Å². The van der Waals surface area contributed by atoms with Crippen LogP contribution in [0.25, 0.3) is 0 Å². The third-order valence-electron chi connectivity index (χ3n) is 2.54. The number of hydrogen-bond acceptors (Lipinski definition) is 2. The van der Waals surface area contributed by atoms with Gasteiger partial charge >= 0.3 is 0 Å². The standard InChI is InChI=1S/C12H11Cl3N2S/c1-7-9(12(15)17(2)16-7)6-18-11-5-8(13)3-4-10(11)14/h3-5H,6H2,1-2H3. The highest BCUT2D eigenvalue weighted by Crippen LogP contribution is 2.34. The van der Waals surface area contributed by atoms with Crippen LogP contribution in [0.1, 0.15) is 11.3 Å². The van der Waals surface area contributed by atoms with Crippen LogP contribution in [-0.2, 0) is 12.8 Å². The molecule has 0 bridgehead atoms. The monoisotopic (exact) mass is 320 g/mol. The third-order valence-corrected chi connectivity index (χ3v) is 4.77. The van der Waals surface area contributed by atoms with Gasteiger partial charge in [0.2, 0.25) is 0 Å². The number of benzene rings is 1.